The second kappa shape index (κ2) is 13.8. The summed E-state index contributed by atoms with van der Waals surface area (Å²) in [6.45, 7) is 21.2. The largest absolute Gasteiger partial charge is 0.478 e. The highest BCUT2D eigenvalue weighted by molar-refractivity contribution is 5.93. The van der Waals surface area contributed by atoms with Crippen molar-refractivity contribution in [2.45, 2.75) is 92.9 Å². The quantitative estimate of drug-likeness (QED) is 0.272. The van der Waals surface area contributed by atoms with Gasteiger partial charge in [-0.2, -0.15) is 5.26 Å². The van der Waals surface area contributed by atoms with Crippen molar-refractivity contribution in [2.75, 3.05) is 11.5 Å². The van der Waals surface area contributed by atoms with Crippen LogP contribution in [-0.4, -0.2) is 11.1 Å². The molecule has 39 heavy (non-hydrogen) atoms. The van der Waals surface area contributed by atoms with Crippen LogP contribution in [0.15, 0.2) is 60.7 Å². The molecule has 5 N–H and O–H groups in total. The maximum atomic E-state index is 10.8. The number of carboxylic acids is 1. The van der Waals surface area contributed by atoms with Crippen LogP contribution < -0.4 is 11.5 Å². The standard InChI is InChI=1S/C11H15NO2.C11H17N.C11H13N.CH4/c1-11(2,3)7-4-5-9(12)8(6-7)10(13)14;1-8-7-9(11(2,3)4)5-6-10(8)12;1-11(2,3)10-6-4-9(8-12)5-7-10;/h4-6H,12H2,1-3H3,(H,13,14);5-7H,12H2,1-4H3;4-7H,1-3H3;1H4. The zero-order chi connectivity index (χ0) is 29.5. The lowest BCUT2D eigenvalue weighted by molar-refractivity contribution is 0.0698. The van der Waals surface area contributed by atoms with Crippen LogP contribution in [0.4, 0.5) is 11.4 Å². The number of benzene rings is 3. The first-order valence-electron chi connectivity index (χ1n) is 12.8. The lowest BCUT2D eigenvalue weighted by Crippen LogP contribution is -2.13. The Morgan fingerprint density at radius 1 is 0.692 bits per heavy atom. The summed E-state index contributed by atoms with van der Waals surface area (Å²) in [5, 5.41) is 17.5. The Morgan fingerprint density at radius 2 is 1.08 bits per heavy atom. The van der Waals surface area contributed by atoms with Crippen molar-refractivity contribution in [3.8, 4) is 6.07 Å². The van der Waals surface area contributed by atoms with E-state index in [0.29, 0.717) is 5.69 Å². The average Bonchev–Trinajstić information content (AvgIpc) is 2.80. The van der Waals surface area contributed by atoms with Crippen LogP contribution >= 0.6 is 0 Å². The topological polar surface area (TPSA) is 113 Å². The number of anilines is 2. The summed E-state index contributed by atoms with van der Waals surface area (Å²) in [5.74, 6) is -0.978. The van der Waals surface area contributed by atoms with Gasteiger partial charge < -0.3 is 16.6 Å². The molecule has 3 aromatic rings. The van der Waals surface area contributed by atoms with Crippen LogP contribution in [0.2, 0.25) is 0 Å². The highest BCUT2D eigenvalue weighted by Gasteiger charge is 2.17. The summed E-state index contributed by atoms with van der Waals surface area (Å²) in [5.41, 5.74) is 18.5. The first-order valence-corrected chi connectivity index (χ1v) is 12.8. The summed E-state index contributed by atoms with van der Waals surface area (Å²) >= 11 is 0. The number of nitriles is 1. The van der Waals surface area contributed by atoms with Crippen LogP contribution in [0, 0.1) is 18.3 Å². The van der Waals surface area contributed by atoms with Crippen molar-refractivity contribution in [1.82, 2.24) is 0 Å². The molecule has 0 saturated carbocycles. The molecule has 0 heterocycles. The van der Waals surface area contributed by atoms with Crippen LogP contribution in [0.25, 0.3) is 0 Å². The Hall–Kier alpha value is -3.78. The van der Waals surface area contributed by atoms with E-state index in [1.54, 1.807) is 12.1 Å². The molecule has 212 valence electrons. The Labute approximate surface area is 236 Å². The van der Waals surface area contributed by atoms with E-state index < -0.39 is 5.97 Å². The summed E-state index contributed by atoms with van der Waals surface area (Å²) in [7, 11) is 0. The third-order valence-corrected chi connectivity index (χ3v) is 6.17. The fourth-order valence-corrected chi connectivity index (χ4v) is 3.39. The number of nitrogens with zero attached hydrogens (tertiary/aromatic N) is 1. The molecule has 0 radical (unpaired) electrons. The molecular formula is C34H49N3O2. The summed E-state index contributed by atoms with van der Waals surface area (Å²) in [6, 6.07) is 21.2. The molecular weight excluding hydrogens is 482 g/mol. The van der Waals surface area contributed by atoms with Crippen molar-refractivity contribution in [3.63, 3.8) is 0 Å². The molecule has 0 unspecified atom stereocenters. The number of aromatic carboxylic acids is 1. The van der Waals surface area contributed by atoms with E-state index in [4.69, 9.17) is 21.8 Å². The number of hydrogen-bond donors (Lipinski definition) is 3. The Bertz CT molecular complexity index is 1260. The highest BCUT2D eigenvalue weighted by atomic mass is 16.4. The number of nitrogen functional groups attached to an aromatic ring is 2. The minimum absolute atomic E-state index is 0. The normalized spacial score (nSPS) is 11.0. The lowest BCUT2D eigenvalue weighted by atomic mass is 9.86. The fraction of sp³-hybridized carbons (Fsp3) is 0.412. The van der Waals surface area contributed by atoms with Gasteiger partial charge in [-0.25, -0.2) is 4.79 Å². The maximum Gasteiger partial charge on any atom is 0.337 e. The van der Waals surface area contributed by atoms with Gasteiger partial charge in [0.25, 0.3) is 0 Å². The fourth-order valence-electron chi connectivity index (χ4n) is 3.39. The molecule has 0 fully saturated rings. The minimum atomic E-state index is -0.978. The van der Waals surface area contributed by atoms with Gasteiger partial charge in [0.15, 0.2) is 0 Å². The second-order valence-electron chi connectivity index (χ2n) is 12.6. The minimum Gasteiger partial charge on any atom is -0.478 e. The molecule has 0 bridgehead atoms. The number of hydrogen-bond acceptors (Lipinski definition) is 4. The van der Waals surface area contributed by atoms with E-state index in [0.717, 1.165) is 16.8 Å². The number of rotatable bonds is 1. The van der Waals surface area contributed by atoms with Gasteiger partial charge in [-0.15, -0.1) is 0 Å². The van der Waals surface area contributed by atoms with Gasteiger partial charge in [-0.1, -0.05) is 100 Å². The monoisotopic (exact) mass is 531 g/mol. The van der Waals surface area contributed by atoms with Crippen LogP contribution in [0.3, 0.4) is 0 Å². The van der Waals surface area contributed by atoms with Crippen molar-refractivity contribution in [3.05, 3.63) is 94.0 Å². The van der Waals surface area contributed by atoms with Crippen molar-refractivity contribution in [2.24, 2.45) is 0 Å². The van der Waals surface area contributed by atoms with E-state index >= 15 is 0 Å². The first-order chi connectivity index (χ1) is 17.3. The van der Waals surface area contributed by atoms with Crippen molar-refractivity contribution in [1.29, 1.82) is 5.26 Å². The average molecular weight is 532 g/mol. The van der Waals surface area contributed by atoms with E-state index in [1.807, 2.05) is 64.1 Å². The zero-order valence-electron chi connectivity index (χ0n) is 24.7. The predicted octanol–water partition coefficient (Wildman–Crippen LogP) is 8.63. The van der Waals surface area contributed by atoms with E-state index in [1.165, 1.54) is 16.7 Å². The van der Waals surface area contributed by atoms with Crippen LogP contribution in [0.1, 0.15) is 108 Å². The van der Waals surface area contributed by atoms with E-state index in [-0.39, 0.29) is 29.2 Å². The maximum absolute atomic E-state index is 10.8. The Morgan fingerprint density at radius 3 is 1.44 bits per heavy atom. The number of carboxylic acid groups (broad SMARTS) is 1. The van der Waals surface area contributed by atoms with Crippen LogP contribution in [-0.2, 0) is 16.2 Å². The van der Waals surface area contributed by atoms with Gasteiger partial charge in [-0.3, -0.25) is 0 Å². The first kappa shape index (κ1) is 35.2. The molecule has 0 atom stereocenters. The second-order valence-corrected chi connectivity index (χ2v) is 12.6. The van der Waals surface area contributed by atoms with Gasteiger partial charge in [0.1, 0.15) is 0 Å². The van der Waals surface area contributed by atoms with Crippen molar-refractivity contribution >= 4 is 17.3 Å². The van der Waals surface area contributed by atoms with E-state index in [9.17, 15) is 4.79 Å². The van der Waals surface area contributed by atoms with Crippen molar-refractivity contribution < 1.29 is 9.90 Å². The van der Waals surface area contributed by atoms with Gasteiger partial charge in [-0.05, 0) is 75.8 Å². The molecule has 0 aliphatic carbocycles. The number of carbonyl (C=O) groups is 1. The van der Waals surface area contributed by atoms with Gasteiger partial charge >= 0.3 is 5.97 Å². The molecule has 0 aliphatic heterocycles. The molecule has 0 aliphatic rings. The van der Waals surface area contributed by atoms with E-state index in [2.05, 4.69) is 59.7 Å². The van der Waals surface area contributed by atoms with Gasteiger partial charge in [0.2, 0.25) is 0 Å². The number of nitrogens with two attached hydrogens (primary N) is 2. The van der Waals surface area contributed by atoms with Crippen LogP contribution in [0.5, 0.6) is 0 Å². The molecule has 0 saturated heterocycles. The zero-order valence-corrected chi connectivity index (χ0v) is 24.7. The molecule has 3 rings (SSSR count). The molecule has 0 aromatic heterocycles. The molecule has 0 spiro atoms. The smallest absolute Gasteiger partial charge is 0.337 e. The predicted molar refractivity (Wildman–Crippen MR) is 167 cm³/mol. The number of aryl methyl sites for hydroxylation is 1. The Balaban J connectivity index is 0.000000551. The van der Waals surface area contributed by atoms with Gasteiger partial charge in [0, 0.05) is 11.4 Å². The highest BCUT2D eigenvalue weighted by Crippen LogP contribution is 2.26. The lowest BCUT2D eigenvalue weighted by Gasteiger charge is -2.19. The summed E-state index contributed by atoms with van der Waals surface area (Å²) in [4.78, 5) is 10.8. The Kier molecular flexibility index (Phi) is 12.5. The summed E-state index contributed by atoms with van der Waals surface area (Å²) in [6.07, 6.45) is 0. The SMILES string of the molecule is C.CC(C)(C)c1ccc(C#N)cc1.CC(C)(C)c1ccc(N)c(C(=O)O)c1.Cc1cc(C(C)(C)C)ccc1N. The molecule has 5 nitrogen and oxygen atoms in total. The van der Waals surface area contributed by atoms with Gasteiger partial charge in [0.05, 0.1) is 17.2 Å². The molecule has 3 aromatic carbocycles. The molecule has 0 amide bonds. The molecule has 5 heteroatoms. The third kappa shape index (κ3) is 11.2. The third-order valence-electron chi connectivity index (χ3n) is 6.17. The summed E-state index contributed by atoms with van der Waals surface area (Å²) < 4.78 is 0.